The maximum absolute atomic E-state index is 11.7. The second-order valence-electron chi connectivity index (χ2n) is 3.23. The van der Waals surface area contributed by atoms with Crippen LogP contribution in [0.2, 0.25) is 0 Å². The number of esters is 1. The van der Waals surface area contributed by atoms with Crippen LogP contribution in [0.15, 0.2) is 23.1 Å². The van der Waals surface area contributed by atoms with Crippen molar-refractivity contribution in [2.24, 2.45) is 0 Å². The van der Waals surface area contributed by atoms with Crippen molar-refractivity contribution in [3.8, 4) is 5.75 Å². The Hall–Kier alpha value is -1.25. The number of ether oxygens (including phenoxy) is 2. The van der Waals surface area contributed by atoms with Gasteiger partial charge in [-0.05, 0) is 0 Å². The van der Waals surface area contributed by atoms with Crippen LogP contribution < -0.4 is 4.74 Å². The van der Waals surface area contributed by atoms with Gasteiger partial charge in [0.25, 0.3) is 0 Å². The summed E-state index contributed by atoms with van der Waals surface area (Å²) < 4.78 is 11.4. The molecule has 0 fully saturated rings. The van der Waals surface area contributed by atoms with Crippen LogP contribution in [0, 0.1) is 0 Å². The second-order valence-corrected chi connectivity index (χ2v) is 5.14. The number of rotatable bonds is 3. The summed E-state index contributed by atoms with van der Waals surface area (Å²) in [5.74, 6) is 0.531. The van der Waals surface area contributed by atoms with Crippen LogP contribution in [-0.4, -0.2) is 34.2 Å². The molecule has 2 aromatic rings. The zero-order chi connectivity index (χ0) is 11.5. The van der Waals surface area contributed by atoms with Crippen molar-refractivity contribution < 1.29 is 14.3 Å². The molecule has 0 saturated heterocycles. The van der Waals surface area contributed by atoms with Crippen LogP contribution in [-0.2, 0) is 4.74 Å². The predicted octanol–water partition coefficient (Wildman–Crippen LogP) is 2.08. The molecule has 0 bridgehead atoms. The van der Waals surface area contributed by atoms with E-state index >= 15 is 0 Å². The normalized spacial score (nSPS) is 10.4. The van der Waals surface area contributed by atoms with E-state index in [1.165, 1.54) is 4.26 Å². The topological polar surface area (TPSA) is 35.5 Å². The molecule has 1 aromatic carbocycles. The number of carbonyl (C=O) groups is 1. The summed E-state index contributed by atoms with van der Waals surface area (Å²) in [4.78, 5) is 13.7. The van der Waals surface area contributed by atoms with Gasteiger partial charge in [0.2, 0.25) is 0 Å². The van der Waals surface area contributed by atoms with Crippen molar-refractivity contribution in [1.29, 1.82) is 0 Å². The van der Waals surface area contributed by atoms with E-state index in [-0.39, 0.29) is 20.5 Å². The summed E-state index contributed by atoms with van der Waals surface area (Å²) in [5, 5.41) is 0.956. The Bertz CT molecular complexity index is 516. The molecule has 1 aromatic heterocycles. The first-order chi connectivity index (χ1) is 7.76. The van der Waals surface area contributed by atoms with E-state index in [2.05, 4.69) is 0 Å². The molecule has 4 heteroatoms. The first-order valence-electron chi connectivity index (χ1n) is 4.98. The SMILES string of the molecule is CCOC(=O)c1c[se]c2ccc(OC)cc12. The fraction of sp³-hybridized carbons (Fsp3) is 0.250. The predicted molar refractivity (Wildman–Crippen MR) is 63.4 cm³/mol. The zero-order valence-electron chi connectivity index (χ0n) is 9.15. The first-order valence-corrected chi connectivity index (χ1v) is 6.83. The molecule has 0 aliphatic heterocycles. The van der Waals surface area contributed by atoms with E-state index in [9.17, 15) is 4.79 Å². The summed E-state index contributed by atoms with van der Waals surface area (Å²) in [6, 6.07) is 5.83. The number of fused-ring (bicyclic) bond motifs is 1. The van der Waals surface area contributed by atoms with Gasteiger partial charge >= 0.3 is 99.5 Å². The van der Waals surface area contributed by atoms with E-state index < -0.39 is 0 Å². The van der Waals surface area contributed by atoms with Crippen LogP contribution in [0.4, 0.5) is 0 Å². The number of methoxy groups -OCH3 is 1. The van der Waals surface area contributed by atoms with Crippen molar-refractivity contribution in [2.45, 2.75) is 6.92 Å². The number of carbonyl (C=O) groups excluding carboxylic acids is 1. The Kier molecular flexibility index (Phi) is 3.32. The van der Waals surface area contributed by atoms with Gasteiger partial charge in [-0.2, -0.15) is 0 Å². The van der Waals surface area contributed by atoms with Crippen molar-refractivity contribution in [1.82, 2.24) is 0 Å². The molecule has 2 rings (SSSR count). The van der Waals surface area contributed by atoms with Gasteiger partial charge in [0.1, 0.15) is 0 Å². The molecular weight excluding hydrogens is 271 g/mol. The average molecular weight is 283 g/mol. The van der Waals surface area contributed by atoms with E-state index in [0.717, 1.165) is 11.1 Å². The molecule has 0 amide bonds. The minimum absolute atomic E-state index is 0.226. The molecule has 0 unspecified atom stereocenters. The minimum atomic E-state index is -0.239. The van der Waals surface area contributed by atoms with Gasteiger partial charge in [-0.25, -0.2) is 0 Å². The zero-order valence-corrected chi connectivity index (χ0v) is 10.9. The molecule has 0 atom stereocenters. The summed E-state index contributed by atoms with van der Waals surface area (Å²) in [7, 11) is 1.62. The van der Waals surface area contributed by atoms with Gasteiger partial charge in [0, 0.05) is 0 Å². The maximum atomic E-state index is 11.7. The van der Waals surface area contributed by atoms with Crippen LogP contribution in [0.3, 0.4) is 0 Å². The molecule has 3 nitrogen and oxygen atoms in total. The van der Waals surface area contributed by atoms with Gasteiger partial charge < -0.3 is 0 Å². The van der Waals surface area contributed by atoms with E-state index in [1.807, 2.05) is 30.1 Å². The fourth-order valence-electron chi connectivity index (χ4n) is 1.50. The van der Waals surface area contributed by atoms with Gasteiger partial charge in [-0.1, -0.05) is 0 Å². The van der Waals surface area contributed by atoms with Crippen LogP contribution >= 0.6 is 0 Å². The molecule has 1 heterocycles. The summed E-state index contributed by atoms with van der Waals surface area (Å²) >= 11 is 0.226. The Morgan fingerprint density at radius 1 is 1.44 bits per heavy atom. The molecule has 0 aliphatic rings. The van der Waals surface area contributed by atoms with Crippen LogP contribution in [0.25, 0.3) is 9.65 Å². The van der Waals surface area contributed by atoms with Crippen molar-refractivity contribution in [3.63, 3.8) is 0 Å². The van der Waals surface area contributed by atoms with Crippen molar-refractivity contribution >= 4 is 30.1 Å². The number of benzene rings is 1. The molecule has 0 radical (unpaired) electrons. The van der Waals surface area contributed by atoms with Crippen LogP contribution in [0.1, 0.15) is 17.3 Å². The monoisotopic (exact) mass is 284 g/mol. The van der Waals surface area contributed by atoms with Gasteiger partial charge in [-0.3, -0.25) is 0 Å². The van der Waals surface area contributed by atoms with Crippen molar-refractivity contribution in [2.75, 3.05) is 13.7 Å². The van der Waals surface area contributed by atoms with E-state index in [1.54, 1.807) is 7.11 Å². The number of hydrogen-bond acceptors (Lipinski definition) is 3. The summed E-state index contributed by atoms with van der Waals surface area (Å²) in [5.41, 5.74) is 0.677. The molecule has 0 N–H and O–H groups in total. The Morgan fingerprint density at radius 3 is 2.94 bits per heavy atom. The van der Waals surface area contributed by atoms with E-state index in [0.29, 0.717) is 12.2 Å². The third kappa shape index (κ3) is 1.99. The Balaban J connectivity index is 2.49. The average Bonchev–Trinajstić information content (AvgIpc) is 2.71. The third-order valence-electron chi connectivity index (χ3n) is 2.28. The molecule has 0 spiro atoms. The van der Waals surface area contributed by atoms with Gasteiger partial charge in [0.05, 0.1) is 0 Å². The number of hydrogen-bond donors (Lipinski definition) is 0. The quantitative estimate of drug-likeness (QED) is 0.639. The fourth-order valence-corrected chi connectivity index (χ4v) is 3.41. The molecule has 16 heavy (non-hydrogen) atoms. The molecular formula is C12H12O3Se. The molecule has 84 valence electrons. The Labute approximate surface area is 99.7 Å². The second kappa shape index (κ2) is 4.72. The summed E-state index contributed by atoms with van der Waals surface area (Å²) in [6.07, 6.45) is 0. The standard InChI is InChI=1S/C12H12O3Se/c1-3-15-12(13)10-7-16-11-5-4-8(14-2)6-9(10)11/h4-7H,3H2,1-2H3. The Morgan fingerprint density at radius 2 is 2.25 bits per heavy atom. The van der Waals surface area contributed by atoms with Gasteiger partial charge in [0.15, 0.2) is 0 Å². The van der Waals surface area contributed by atoms with Crippen LogP contribution in [0.5, 0.6) is 5.75 Å². The summed E-state index contributed by atoms with van der Waals surface area (Å²) in [6.45, 7) is 2.22. The molecule has 0 saturated carbocycles. The first kappa shape index (κ1) is 11.2. The van der Waals surface area contributed by atoms with E-state index in [4.69, 9.17) is 9.47 Å². The molecule has 0 aliphatic carbocycles. The van der Waals surface area contributed by atoms with Crippen molar-refractivity contribution in [3.05, 3.63) is 28.7 Å². The van der Waals surface area contributed by atoms with Gasteiger partial charge in [-0.15, -0.1) is 0 Å². The third-order valence-corrected chi connectivity index (χ3v) is 4.30.